The highest BCUT2D eigenvalue weighted by Crippen LogP contribution is 2.32. The SMILES string of the molecule is CC(C)(C)OC(=O)N[C@H]1CC[C@@](C)(O)C[C@@H]1CO. The lowest BCUT2D eigenvalue weighted by Crippen LogP contribution is -2.50. The number of aliphatic hydroxyl groups excluding tert-OH is 1. The summed E-state index contributed by atoms with van der Waals surface area (Å²) in [6.07, 6.45) is 1.29. The van der Waals surface area contributed by atoms with Gasteiger partial charge in [-0.25, -0.2) is 4.79 Å². The highest BCUT2D eigenvalue weighted by Gasteiger charge is 2.37. The summed E-state index contributed by atoms with van der Waals surface area (Å²) in [4.78, 5) is 11.7. The number of alkyl carbamates (subject to hydrolysis) is 1. The van der Waals surface area contributed by atoms with Gasteiger partial charge in [-0.1, -0.05) is 0 Å². The van der Waals surface area contributed by atoms with Crippen molar-refractivity contribution in [1.29, 1.82) is 0 Å². The first-order chi connectivity index (χ1) is 8.13. The predicted octanol–water partition coefficient (Wildman–Crippen LogP) is 1.42. The number of hydrogen-bond acceptors (Lipinski definition) is 4. The first kappa shape index (κ1) is 15.2. The molecule has 0 aliphatic heterocycles. The van der Waals surface area contributed by atoms with E-state index in [9.17, 15) is 15.0 Å². The van der Waals surface area contributed by atoms with Gasteiger partial charge in [0.1, 0.15) is 5.60 Å². The fraction of sp³-hybridized carbons (Fsp3) is 0.923. The molecule has 0 radical (unpaired) electrons. The molecule has 3 atom stereocenters. The van der Waals surface area contributed by atoms with E-state index in [1.54, 1.807) is 6.92 Å². The zero-order valence-electron chi connectivity index (χ0n) is 11.7. The van der Waals surface area contributed by atoms with Crippen LogP contribution in [0.3, 0.4) is 0 Å². The minimum atomic E-state index is -0.750. The van der Waals surface area contributed by atoms with Crippen LogP contribution in [0.2, 0.25) is 0 Å². The molecule has 0 heterocycles. The van der Waals surface area contributed by atoms with Gasteiger partial charge < -0.3 is 20.3 Å². The van der Waals surface area contributed by atoms with Crippen LogP contribution in [0.15, 0.2) is 0 Å². The van der Waals surface area contributed by atoms with Crippen molar-refractivity contribution in [2.75, 3.05) is 6.61 Å². The van der Waals surface area contributed by atoms with Crippen LogP contribution in [0.4, 0.5) is 4.79 Å². The first-order valence-corrected chi connectivity index (χ1v) is 6.46. The molecule has 1 aliphatic carbocycles. The number of carbonyl (C=O) groups excluding carboxylic acids is 1. The number of carbonyl (C=O) groups is 1. The molecule has 1 aliphatic rings. The summed E-state index contributed by atoms with van der Waals surface area (Å²) < 4.78 is 5.19. The fourth-order valence-electron chi connectivity index (χ4n) is 2.35. The summed E-state index contributed by atoms with van der Waals surface area (Å²) >= 11 is 0. The van der Waals surface area contributed by atoms with Crippen molar-refractivity contribution in [3.63, 3.8) is 0 Å². The summed E-state index contributed by atoms with van der Waals surface area (Å²) in [6, 6.07) is -0.134. The Bertz CT molecular complexity index is 296. The van der Waals surface area contributed by atoms with Crippen LogP contribution in [-0.2, 0) is 4.74 Å². The second-order valence-electron chi connectivity index (χ2n) is 6.44. The molecule has 3 N–H and O–H groups in total. The van der Waals surface area contributed by atoms with Gasteiger partial charge in [0.05, 0.1) is 5.60 Å². The zero-order chi connectivity index (χ0) is 14.0. The molecule has 0 bridgehead atoms. The molecule has 5 heteroatoms. The van der Waals surface area contributed by atoms with Gasteiger partial charge in [0.25, 0.3) is 0 Å². The van der Waals surface area contributed by atoms with E-state index < -0.39 is 17.3 Å². The minimum absolute atomic E-state index is 0.0450. The summed E-state index contributed by atoms with van der Waals surface area (Å²) in [5.74, 6) is -0.124. The summed E-state index contributed by atoms with van der Waals surface area (Å²) in [5.41, 5.74) is -1.28. The Hall–Kier alpha value is -0.810. The predicted molar refractivity (Wildman–Crippen MR) is 68.2 cm³/mol. The van der Waals surface area contributed by atoms with E-state index >= 15 is 0 Å². The first-order valence-electron chi connectivity index (χ1n) is 6.46. The second-order valence-corrected chi connectivity index (χ2v) is 6.44. The molecule has 1 saturated carbocycles. The largest absolute Gasteiger partial charge is 0.444 e. The van der Waals surface area contributed by atoms with Crippen LogP contribution >= 0.6 is 0 Å². The number of hydrogen-bond donors (Lipinski definition) is 3. The highest BCUT2D eigenvalue weighted by atomic mass is 16.6. The molecule has 0 aromatic carbocycles. The van der Waals surface area contributed by atoms with E-state index in [4.69, 9.17) is 4.74 Å². The smallest absolute Gasteiger partial charge is 0.407 e. The van der Waals surface area contributed by atoms with Crippen LogP contribution in [0.5, 0.6) is 0 Å². The second kappa shape index (κ2) is 5.45. The van der Waals surface area contributed by atoms with Gasteiger partial charge in [0.15, 0.2) is 0 Å². The van der Waals surface area contributed by atoms with E-state index in [1.807, 2.05) is 20.8 Å². The Labute approximate surface area is 109 Å². The third-order valence-corrected chi connectivity index (χ3v) is 3.20. The highest BCUT2D eigenvalue weighted by molar-refractivity contribution is 5.68. The van der Waals surface area contributed by atoms with Gasteiger partial charge in [-0.2, -0.15) is 0 Å². The lowest BCUT2D eigenvalue weighted by atomic mass is 9.76. The standard InChI is InChI=1S/C13H25NO4/c1-12(2,3)18-11(16)14-10-5-6-13(4,17)7-9(10)8-15/h9-10,15,17H,5-8H2,1-4H3,(H,14,16)/t9-,10+,13-/m1/s1. The molecule has 0 unspecified atom stereocenters. The Morgan fingerprint density at radius 3 is 2.61 bits per heavy atom. The quantitative estimate of drug-likeness (QED) is 0.701. The normalized spacial score (nSPS) is 33.0. The third-order valence-electron chi connectivity index (χ3n) is 3.20. The Morgan fingerprint density at radius 2 is 2.11 bits per heavy atom. The number of aliphatic hydroxyl groups is 2. The third kappa shape index (κ3) is 4.82. The Balaban J connectivity index is 2.54. The lowest BCUT2D eigenvalue weighted by molar-refractivity contribution is -0.0260. The maximum Gasteiger partial charge on any atom is 0.407 e. The van der Waals surface area contributed by atoms with Gasteiger partial charge in [-0.15, -0.1) is 0 Å². The van der Waals surface area contributed by atoms with Gasteiger partial charge in [-0.3, -0.25) is 0 Å². The molecule has 0 saturated heterocycles. The molecule has 1 fully saturated rings. The van der Waals surface area contributed by atoms with Crippen molar-refractivity contribution in [3.8, 4) is 0 Å². The molecule has 0 aromatic rings. The van der Waals surface area contributed by atoms with Crippen molar-refractivity contribution in [3.05, 3.63) is 0 Å². The molecular weight excluding hydrogens is 234 g/mol. The van der Waals surface area contributed by atoms with E-state index in [0.29, 0.717) is 19.3 Å². The molecule has 0 spiro atoms. The number of ether oxygens (including phenoxy) is 1. The number of amides is 1. The van der Waals surface area contributed by atoms with Crippen LogP contribution in [0.25, 0.3) is 0 Å². The van der Waals surface area contributed by atoms with E-state index in [1.165, 1.54) is 0 Å². The van der Waals surface area contributed by atoms with Crippen molar-refractivity contribution in [1.82, 2.24) is 5.32 Å². The molecular formula is C13H25NO4. The van der Waals surface area contributed by atoms with Gasteiger partial charge >= 0.3 is 6.09 Å². The number of nitrogens with one attached hydrogen (secondary N) is 1. The van der Waals surface area contributed by atoms with Gasteiger partial charge in [0, 0.05) is 18.6 Å². The molecule has 1 amide bonds. The average molecular weight is 259 g/mol. The maximum absolute atomic E-state index is 11.7. The van der Waals surface area contributed by atoms with Crippen LogP contribution in [0, 0.1) is 5.92 Å². The van der Waals surface area contributed by atoms with Crippen molar-refractivity contribution in [2.24, 2.45) is 5.92 Å². The average Bonchev–Trinajstić information content (AvgIpc) is 2.17. The van der Waals surface area contributed by atoms with Crippen LogP contribution < -0.4 is 5.32 Å². The van der Waals surface area contributed by atoms with E-state index in [2.05, 4.69) is 5.32 Å². The van der Waals surface area contributed by atoms with Crippen LogP contribution in [0.1, 0.15) is 47.0 Å². The topological polar surface area (TPSA) is 78.8 Å². The summed E-state index contributed by atoms with van der Waals surface area (Å²) in [7, 11) is 0. The maximum atomic E-state index is 11.7. The molecule has 18 heavy (non-hydrogen) atoms. The molecule has 106 valence electrons. The van der Waals surface area contributed by atoms with Gasteiger partial charge in [0.2, 0.25) is 0 Å². The Morgan fingerprint density at radius 1 is 1.50 bits per heavy atom. The lowest BCUT2D eigenvalue weighted by Gasteiger charge is -2.39. The summed E-state index contributed by atoms with van der Waals surface area (Å²) in [6.45, 7) is 7.14. The monoisotopic (exact) mass is 259 g/mol. The van der Waals surface area contributed by atoms with E-state index in [-0.39, 0.29) is 18.6 Å². The van der Waals surface area contributed by atoms with Crippen LogP contribution in [-0.4, -0.2) is 40.2 Å². The number of rotatable bonds is 2. The van der Waals surface area contributed by atoms with Crippen molar-refractivity contribution >= 4 is 6.09 Å². The molecule has 0 aromatic heterocycles. The fourth-order valence-corrected chi connectivity index (χ4v) is 2.35. The van der Waals surface area contributed by atoms with E-state index in [0.717, 1.165) is 0 Å². The molecule has 1 rings (SSSR count). The minimum Gasteiger partial charge on any atom is -0.444 e. The zero-order valence-corrected chi connectivity index (χ0v) is 11.7. The van der Waals surface area contributed by atoms with Crippen molar-refractivity contribution in [2.45, 2.75) is 64.2 Å². The summed E-state index contributed by atoms with van der Waals surface area (Å²) in [5, 5.41) is 22.1. The molecule has 5 nitrogen and oxygen atoms in total. The van der Waals surface area contributed by atoms with Gasteiger partial charge in [-0.05, 0) is 47.0 Å². The Kier molecular flexibility index (Phi) is 4.61. The van der Waals surface area contributed by atoms with Crippen molar-refractivity contribution < 1.29 is 19.7 Å².